The Morgan fingerprint density at radius 2 is 1.25 bits per heavy atom. The van der Waals surface area contributed by atoms with Crippen molar-refractivity contribution in [3.63, 3.8) is 0 Å². The largest absolute Gasteiger partial charge is 0.207 e. The minimum Gasteiger partial charge on any atom is -0.207 e. The Kier molecular flexibility index (Phi) is 7.64. The van der Waals surface area contributed by atoms with Crippen LogP contribution < -0.4 is 0 Å². The molecule has 0 amide bonds. The monoisotopic (exact) mass is 272 g/mol. The van der Waals surface area contributed by atoms with Crippen molar-refractivity contribution in [2.75, 3.05) is 0 Å². The van der Waals surface area contributed by atoms with Crippen LogP contribution in [0, 0.1) is 25.6 Å². The van der Waals surface area contributed by atoms with Crippen LogP contribution >= 0.6 is 0 Å². The lowest BCUT2D eigenvalue weighted by atomic mass is 9.88. The lowest BCUT2D eigenvalue weighted by molar-refractivity contribution is 0.346. The number of hydrogen-bond acceptors (Lipinski definition) is 0. The fraction of sp³-hybridized carbons (Fsp3) is 0.368. The van der Waals surface area contributed by atoms with E-state index in [-0.39, 0.29) is 5.82 Å². The van der Waals surface area contributed by atoms with E-state index in [4.69, 9.17) is 0 Å². The molecule has 1 aliphatic rings. The Labute approximate surface area is 122 Å². The van der Waals surface area contributed by atoms with Crippen LogP contribution in [0.2, 0.25) is 0 Å². The van der Waals surface area contributed by atoms with Gasteiger partial charge in [-0.15, -0.1) is 0 Å². The van der Waals surface area contributed by atoms with E-state index in [1.807, 2.05) is 25.1 Å². The predicted molar refractivity (Wildman–Crippen MR) is 85.3 cm³/mol. The van der Waals surface area contributed by atoms with Crippen molar-refractivity contribution in [3.05, 3.63) is 71.5 Å². The molecule has 1 heteroatoms. The number of benzene rings is 2. The van der Waals surface area contributed by atoms with Crippen molar-refractivity contribution < 1.29 is 4.39 Å². The Bertz CT molecular complexity index is 434. The maximum absolute atomic E-state index is 12.1. The molecule has 1 fully saturated rings. The first-order chi connectivity index (χ1) is 9.58. The summed E-state index contributed by atoms with van der Waals surface area (Å²) in [6.07, 6.45) is 4.46. The minimum absolute atomic E-state index is 0.171. The standard InChI is InChI=1S/C7H7F.C7H8.C5H10/c1-6-2-4-7(8)5-3-6;1-7-5-3-2-4-6-7;1-5-3-2-4-5/h2-5H,1H3;2-6H,1H3;5H,2-4H2,1H3. The van der Waals surface area contributed by atoms with Crippen LogP contribution in [0.5, 0.6) is 0 Å². The molecule has 108 valence electrons. The highest BCUT2D eigenvalue weighted by Crippen LogP contribution is 2.24. The van der Waals surface area contributed by atoms with Crippen molar-refractivity contribution in [2.24, 2.45) is 5.92 Å². The zero-order valence-corrected chi connectivity index (χ0v) is 12.8. The van der Waals surface area contributed by atoms with Crippen molar-refractivity contribution in [1.82, 2.24) is 0 Å². The van der Waals surface area contributed by atoms with E-state index in [9.17, 15) is 4.39 Å². The number of aryl methyl sites for hydroxylation is 2. The van der Waals surface area contributed by atoms with Crippen LogP contribution in [0.25, 0.3) is 0 Å². The molecule has 0 aromatic heterocycles. The molecule has 20 heavy (non-hydrogen) atoms. The molecule has 0 radical (unpaired) electrons. The molecule has 2 aromatic carbocycles. The highest BCUT2D eigenvalue weighted by atomic mass is 19.1. The second-order valence-electron chi connectivity index (χ2n) is 5.49. The summed E-state index contributed by atoms with van der Waals surface area (Å²) < 4.78 is 12.1. The van der Waals surface area contributed by atoms with Crippen LogP contribution in [-0.2, 0) is 0 Å². The fourth-order valence-electron chi connectivity index (χ4n) is 1.68. The topological polar surface area (TPSA) is 0 Å². The highest BCUT2D eigenvalue weighted by Gasteiger charge is 2.09. The quantitative estimate of drug-likeness (QED) is 0.557. The molecule has 1 saturated carbocycles. The normalized spacial score (nSPS) is 13.2. The second-order valence-corrected chi connectivity index (χ2v) is 5.49. The molecule has 0 aliphatic heterocycles. The van der Waals surface area contributed by atoms with Crippen molar-refractivity contribution >= 4 is 0 Å². The van der Waals surface area contributed by atoms with Gasteiger partial charge in [0.25, 0.3) is 0 Å². The molecule has 0 heterocycles. The van der Waals surface area contributed by atoms with E-state index in [2.05, 4.69) is 26.0 Å². The van der Waals surface area contributed by atoms with E-state index in [0.717, 1.165) is 11.5 Å². The molecule has 0 spiro atoms. The first-order valence-corrected chi connectivity index (χ1v) is 7.31. The Balaban J connectivity index is 0.000000154. The summed E-state index contributed by atoms with van der Waals surface area (Å²) in [5.41, 5.74) is 2.41. The first kappa shape index (κ1) is 16.4. The first-order valence-electron chi connectivity index (χ1n) is 7.31. The molecule has 0 bridgehead atoms. The predicted octanol–water partition coefficient (Wildman–Crippen LogP) is 5.94. The van der Waals surface area contributed by atoms with E-state index >= 15 is 0 Å². The third kappa shape index (κ3) is 7.73. The average Bonchev–Trinajstić information content (AvgIpc) is 2.42. The molecule has 2 aromatic rings. The van der Waals surface area contributed by atoms with Crippen molar-refractivity contribution in [1.29, 1.82) is 0 Å². The fourth-order valence-corrected chi connectivity index (χ4v) is 1.68. The molecular formula is C19H25F. The van der Waals surface area contributed by atoms with Gasteiger partial charge in [0.2, 0.25) is 0 Å². The minimum atomic E-state index is -0.171. The zero-order chi connectivity index (χ0) is 14.8. The lowest BCUT2D eigenvalue weighted by Gasteiger charge is -2.18. The summed E-state index contributed by atoms with van der Waals surface area (Å²) in [6.45, 7) is 6.32. The van der Waals surface area contributed by atoms with Crippen LogP contribution in [0.3, 0.4) is 0 Å². The van der Waals surface area contributed by atoms with Gasteiger partial charge in [0.05, 0.1) is 0 Å². The molecule has 0 unspecified atom stereocenters. The third-order valence-electron chi connectivity index (χ3n) is 3.35. The van der Waals surface area contributed by atoms with E-state index in [1.165, 1.54) is 37.0 Å². The van der Waals surface area contributed by atoms with Gasteiger partial charge in [0.1, 0.15) is 5.82 Å². The summed E-state index contributed by atoms with van der Waals surface area (Å²) in [5.74, 6) is 0.894. The summed E-state index contributed by atoms with van der Waals surface area (Å²) in [6, 6.07) is 16.7. The summed E-state index contributed by atoms with van der Waals surface area (Å²) in [4.78, 5) is 0. The van der Waals surface area contributed by atoms with Crippen molar-refractivity contribution in [2.45, 2.75) is 40.0 Å². The molecule has 0 atom stereocenters. The van der Waals surface area contributed by atoms with Gasteiger partial charge in [-0.3, -0.25) is 0 Å². The van der Waals surface area contributed by atoms with Crippen LogP contribution in [0.4, 0.5) is 4.39 Å². The Hall–Kier alpha value is -1.63. The summed E-state index contributed by atoms with van der Waals surface area (Å²) in [5, 5.41) is 0. The van der Waals surface area contributed by atoms with Gasteiger partial charge in [-0.1, -0.05) is 79.8 Å². The Morgan fingerprint density at radius 3 is 1.50 bits per heavy atom. The summed E-state index contributed by atoms with van der Waals surface area (Å²) >= 11 is 0. The van der Waals surface area contributed by atoms with Gasteiger partial charge < -0.3 is 0 Å². The van der Waals surface area contributed by atoms with Crippen LogP contribution in [0.15, 0.2) is 54.6 Å². The van der Waals surface area contributed by atoms with Gasteiger partial charge in [-0.25, -0.2) is 4.39 Å². The third-order valence-corrected chi connectivity index (χ3v) is 3.35. The van der Waals surface area contributed by atoms with Gasteiger partial charge in [-0.2, -0.15) is 0 Å². The molecule has 0 nitrogen and oxygen atoms in total. The molecule has 0 N–H and O–H groups in total. The summed E-state index contributed by atoms with van der Waals surface area (Å²) in [7, 11) is 0. The molecule has 3 rings (SSSR count). The smallest absolute Gasteiger partial charge is 0.123 e. The van der Waals surface area contributed by atoms with E-state index in [1.54, 1.807) is 12.1 Å². The van der Waals surface area contributed by atoms with Crippen LogP contribution in [-0.4, -0.2) is 0 Å². The van der Waals surface area contributed by atoms with Gasteiger partial charge in [0.15, 0.2) is 0 Å². The average molecular weight is 272 g/mol. The number of hydrogen-bond donors (Lipinski definition) is 0. The maximum Gasteiger partial charge on any atom is 0.123 e. The number of rotatable bonds is 0. The van der Waals surface area contributed by atoms with Crippen molar-refractivity contribution in [3.8, 4) is 0 Å². The zero-order valence-electron chi connectivity index (χ0n) is 12.8. The molecule has 1 aliphatic carbocycles. The molecular weight excluding hydrogens is 247 g/mol. The van der Waals surface area contributed by atoms with Crippen LogP contribution in [0.1, 0.15) is 37.3 Å². The van der Waals surface area contributed by atoms with Gasteiger partial charge in [-0.05, 0) is 31.9 Å². The van der Waals surface area contributed by atoms with E-state index < -0.39 is 0 Å². The Morgan fingerprint density at radius 1 is 0.800 bits per heavy atom. The lowest BCUT2D eigenvalue weighted by Crippen LogP contribution is -2.04. The second kappa shape index (κ2) is 9.30. The highest BCUT2D eigenvalue weighted by molar-refractivity contribution is 5.13. The maximum atomic E-state index is 12.1. The van der Waals surface area contributed by atoms with E-state index in [0.29, 0.717) is 0 Å². The van der Waals surface area contributed by atoms with Gasteiger partial charge >= 0.3 is 0 Å². The van der Waals surface area contributed by atoms with Gasteiger partial charge in [0, 0.05) is 0 Å². The molecule has 0 saturated heterocycles. The SMILES string of the molecule is CC1CCC1.Cc1ccc(F)cc1.Cc1ccccc1. The number of halogens is 1.